The zero-order chi connectivity index (χ0) is 7.61. The number of hydrogen-bond acceptors (Lipinski definition) is 2. The topological polar surface area (TPSA) is 21.3 Å². The van der Waals surface area contributed by atoms with Gasteiger partial charge in [-0.15, -0.1) is 0 Å². The second-order valence-electron chi connectivity index (χ2n) is 2.30. The summed E-state index contributed by atoms with van der Waals surface area (Å²) in [5.41, 5.74) is 0. The largest absolute Gasteiger partial charge is 0.311 e. The van der Waals surface area contributed by atoms with Crippen LogP contribution < -0.4 is 5.32 Å². The van der Waals surface area contributed by atoms with Gasteiger partial charge in [0, 0.05) is 0 Å². The molecule has 0 spiro atoms. The van der Waals surface area contributed by atoms with Crippen LogP contribution in [0.2, 0.25) is 0 Å². The van der Waals surface area contributed by atoms with Gasteiger partial charge in [0.2, 0.25) is 0 Å². The summed E-state index contributed by atoms with van der Waals surface area (Å²) in [5.74, 6) is -3.06. The van der Waals surface area contributed by atoms with Gasteiger partial charge < -0.3 is 5.32 Å². The lowest BCUT2D eigenvalue weighted by atomic mass is 10.1. The molecule has 1 rings (SSSR count). The van der Waals surface area contributed by atoms with Crippen molar-refractivity contribution in [3.63, 3.8) is 0 Å². The Hall–Kier alpha value is -0.290. The van der Waals surface area contributed by atoms with Crippen molar-refractivity contribution in [1.29, 1.82) is 0 Å². The van der Waals surface area contributed by atoms with E-state index in [2.05, 4.69) is 10.3 Å². The third-order valence-corrected chi connectivity index (χ3v) is 1.52. The molecule has 0 saturated carbocycles. The molecule has 1 aliphatic rings. The summed E-state index contributed by atoms with van der Waals surface area (Å²) in [6.07, 6.45) is -1.54. The van der Waals surface area contributed by atoms with Crippen LogP contribution >= 0.6 is 0 Å². The fourth-order valence-electron chi connectivity index (χ4n) is 0.923. The Bertz CT molecular complexity index is 119. The summed E-state index contributed by atoms with van der Waals surface area (Å²) in [7, 11) is 0. The molecule has 0 aromatic heterocycles. The lowest BCUT2D eigenvalue weighted by Crippen LogP contribution is -2.49. The molecule has 1 N–H and O–H groups in total. The molecule has 10 heavy (non-hydrogen) atoms. The van der Waals surface area contributed by atoms with Crippen LogP contribution in [0.5, 0.6) is 0 Å². The standard InChI is InChI=1S/C5H8F3NO/c6-5(7)3-9-2-1-4(5)10-8/h4,9H,1-3H2/t4-/m0/s1. The molecule has 0 aromatic rings. The van der Waals surface area contributed by atoms with E-state index >= 15 is 0 Å². The van der Waals surface area contributed by atoms with Crippen molar-refractivity contribution >= 4 is 0 Å². The third-order valence-electron chi connectivity index (χ3n) is 1.52. The van der Waals surface area contributed by atoms with Crippen LogP contribution in [0.1, 0.15) is 6.42 Å². The Labute approximate surface area is 56.3 Å². The third kappa shape index (κ3) is 1.41. The Balaban J connectivity index is 2.51. The first-order valence-electron chi connectivity index (χ1n) is 3.03. The van der Waals surface area contributed by atoms with E-state index in [4.69, 9.17) is 0 Å². The van der Waals surface area contributed by atoms with Gasteiger partial charge in [-0.3, -0.25) is 0 Å². The molecular weight excluding hydrogens is 147 g/mol. The van der Waals surface area contributed by atoms with Crippen molar-refractivity contribution < 1.29 is 18.2 Å². The fourth-order valence-corrected chi connectivity index (χ4v) is 0.923. The van der Waals surface area contributed by atoms with Crippen molar-refractivity contribution in [2.75, 3.05) is 13.1 Å². The van der Waals surface area contributed by atoms with Crippen LogP contribution in [-0.2, 0) is 4.94 Å². The summed E-state index contributed by atoms with van der Waals surface area (Å²) in [4.78, 5) is 3.12. The van der Waals surface area contributed by atoms with Gasteiger partial charge in [0.05, 0.1) is 6.54 Å². The normalized spacial score (nSPS) is 32.1. The molecule has 1 fully saturated rings. The molecule has 1 aliphatic heterocycles. The van der Waals surface area contributed by atoms with E-state index in [9.17, 15) is 13.3 Å². The SMILES string of the molecule is FO[C@H]1CCNCC1(F)F. The molecule has 1 saturated heterocycles. The van der Waals surface area contributed by atoms with Crippen LogP contribution in [0, 0.1) is 0 Å². The number of piperidine rings is 1. The minimum atomic E-state index is -3.06. The van der Waals surface area contributed by atoms with Crippen LogP contribution in [0.25, 0.3) is 0 Å². The smallest absolute Gasteiger partial charge is 0.289 e. The Kier molecular flexibility index (Phi) is 2.15. The Morgan fingerprint density at radius 2 is 2.20 bits per heavy atom. The number of rotatable bonds is 1. The molecule has 1 atom stereocenters. The average molecular weight is 155 g/mol. The molecule has 0 radical (unpaired) electrons. The molecule has 60 valence electrons. The summed E-state index contributed by atoms with van der Waals surface area (Å²) in [5, 5.41) is 2.44. The van der Waals surface area contributed by atoms with Gasteiger partial charge >= 0.3 is 0 Å². The highest BCUT2D eigenvalue weighted by atomic mass is 19.3. The number of alkyl halides is 2. The Morgan fingerprint density at radius 3 is 2.60 bits per heavy atom. The molecule has 1 heterocycles. The first-order valence-corrected chi connectivity index (χ1v) is 3.03. The Morgan fingerprint density at radius 1 is 1.50 bits per heavy atom. The van der Waals surface area contributed by atoms with Crippen molar-refractivity contribution in [2.45, 2.75) is 18.4 Å². The predicted octanol–water partition coefficient (Wildman–Crippen LogP) is 0.885. The molecule has 0 amide bonds. The second-order valence-corrected chi connectivity index (χ2v) is 2.30. The molecule has 2 nitrogen and oxygen atoms in total. The number of hydrogen-bond donors (Lipinski definition) is 1. The fraction of sp³-hybridized carbons (Fsp3) is 1.00. The summed E-state index contributed by atoms with van der Waals surface area (Å²) < 4.78 is 36.3. The van der Waals surface area contributed by atoms with Crippen LogP contribution in [-0.4, -0.2) is 25.1 Å². The maximum Gasteiger partial charge on any atom is 0.289 e. The first-order chi connectivity index (χ1) is 4.67. The van der Waals surface area contributed by atoms with E-state index in [0.717, 1.165) is 0 Å². The van der Waals surface area contributed by atoms with Crippen LogP contribution in [0.15, 0.2) is 0 Å². The summed E-state index contributed by atoms with van der Waals surface area (Å²) >= 11 is 0. The van der Waals surface area contributed by atoms with Gasteiger partial charge in [0.15, 0.2) is 6.10 Å². The van der Waals surface area contributed by atoms with Crippen molar-refractivity contribution in [3.8, 4) is 0 Å². The van der Waals surface area contributed by atoms with Crippen LogP contribution in [0.4, 0.5) is 13.3 Å². The van der Waals surface area contributed by atoms with Crippen molar-refractivity contribution in [2.24, 2.45) is 0 Å². The van der Waals surface area contributed by atoms with Gasteiger partial charge in [-0.1, -0.05) is 0 Å². The maximum atomic E-state index is 12.4. The molecule has 5 heteroatoms. The van der Waals surface area contributed by atoms with E-state index in [1.54, 1.807) is 0 Å². The molecule has 0 unspecified atom stereocenters. The average Bonchev–Trinajstić information content (AvgIpc) is 1.87. The quantitative estimate of drug-likeness (QED) is 0.607. The minimum absolute atomic E-state index is 0.0174. The highest BCUT2D eigenvalue weighted by Gasteiger charge is 2.43. The van der Waals surface area contributed by atoms with Crippen molar-refractivity contribution in [1.82, 2.24) is 5.32 Å². The van der Waals surface area contributed by atoms with Crippen molar-refractivity contribution in [3.05, 3.63) is 0 Å². The zero-order valence-electron chi connectivity index (χ0n) is 5.24. The minimum Gasteiger partial charge on any atom is -0.311 e. The summed E-state index contributed by atoms with van der Waals surface area (Å²) in [6, 6.07) is 0. The van der Waals surface area contributed by atoms with Gasteiger partial charge in [-0.25, -0.2) is 8.78 Å². The van der Waals surface area contributed by atoms with E-state index in [1.807, 2.05) is 0 Å². The highest BCUT2D eigenvalue weighted by Crippen LogP contribution is 2.25. The van der Waals surface area contributed by atoms with E-state index in [-0.39, 0.29) is 6.42 Å². The molecular formula is C5H8F3NO. The van der Waals surface area contributed by atoms with Gasteiger partial charge in [0.1, 0.15) is 0 Å². The predicted molar refractivity (Wildman–Crippen MR) is 28.4 cm³/mol. The van der Waals surface area contributed by atoms with Gasteiger partial charge in [0.25, 0.3) is 5.92 Å². The highest BCUT2D eigenvalue weighted by molar-refractivity contribution is 4.84. The summed E-state index contributed by atoms with van der Waals surface area (Å²) in [6.45, 7) is -0.119. The number of nitrogens with one attached hydrogen (secondary N) is 1. The first kappa shape index (κ1) is 7.81. The maximum absolute atomic E-state index is 12.4. The van der Waals surface area contributed by atoms with E-state index < -0.39 is 18.6 Å². The lowest BCUT2D eigenvalue weighted by Gasteiger charge is -2.28. The molecule has 0 aromatic carbocycles. The van der Waals surface area contributed by atoms with Gasteiger partial charge in [-0.2, -0.15) is 4.94 Å². The monoisotopic (exact) mass is 155 g/mol. The molecule has 0 aliphatic carbocycles. The second kappa shape index (κ2) is 2.75. The molecule has 0 bridgehead atoms. The zero-order valence-corrected chi connectivity index (χ0v) is 5.24. The number of halogens is 3. The van der Waals surface area contributed by atoms with E-state index in [1.165, 1.54) is 0 Å². The van der Waals surface area contributed by atoms with Crippen LogP contribution in [0.3, 0.4) is 0 Å². The van der Waals surface area contributed by atoms with E-state index in [0.29, 0.717) is 6.54 Å². The lowest BCUT2D eigenvalue weighted by molar-refractivity contribution is -0.258. The van der Waals surface area contributed by atoms with Gasteiger partial charge in [-0.05, 0) is 17.5 Å².